The van der Waals surface area contributed by atoms with E-state index in [0.717, 1.165) is 11.6 Å². The molecule has 1 aromatic heterocycles. The number of amides is 2. The predicted molar refractivity (Wildman–Crippen MR) is 126 cm³/mol. The van der Waals surface area contributed by atoms with Gasteiger partial charge in [-0.1, -0.05) is 29.8 Å². The number of rotatable bonds is 5. The molecule has 0 fully saturated rings. The molecule has 3 aromatic carbocycles. The van der Waals surface area contributed by atoms with Crippen LogP contribution >= 0.6 is 11.6 Å². The van der Waals surface area contributed by atoms with Crippen molar-refractivity contribution in [3.05, 3.63) is 88.9 Å². The van der Waals surface area contributed by atoms with Crippen molar-refractivity contribution >= 4 is 51.8 Å². The van der Waals surface area contributed by atoms with Gasteiger partial charge in [0.15, 0.2) is 11.5 Å². The van der Waals surface area contributed by atoms with E-state index in [0.29, 0.717) is 22.5 Å². The summed E-state index contributed by atoms with van der Waals surface area (Å²) in [6.45, 7) is 0.158. The Morgan fingerprint density at radius 3 is 2.65 bits per heavy atom. The van der Waals surface area contributed by atoms with Crippen molar-refractivity contribution in [3.63, 3.8) is 0 Å². The number of carbonyl (C=O) groups is 2. The summed E-state index contributed by atoms with van der Waals surface area (Å²) >= 11 is 5.79. The first kappa shape index (κ1) is 21.5. The minimum Gasteiger partial charge on any atom is -0.454 e. The molecule has 9 heteroatoms. The molecule has 7 nitrogen and oxygen atoms in total. The third-order valence-corrected chi connectivity index (χ3v) is 5.34. The van der Waals surface area contributed by atoms with Crippen molar-refractivity contribution in [1.82, 2.24) is 0 Å². The first-order chi connectivity index (χ1) is 16.5. The Kier molecular flexibility index (Phi) is 5.65. The lowest BCUT2D eigenvalue weighted by Gasteiger charge is -2.07. The Morgan fingerprint density at radius 2 is 1.79 bits per heavy atom. The number of ether oxygens (including phenoxy) is 2. The standard InChI is InChI=1S/C25H16ClFN2O5/c26-17-12-15(7-8-18(17)27)28-25(31)24-23(16-3-1-2-4-19(16)34-24)29-22(30)10-6-14-5-9-20-21(11-14)33-13-32-20/h1-12H,13H2,(H,28,31)(H,29,30). The molecule has 0 radical (unpaired) electrons. The Labute approximate surface area is 197 Å². The number of furan rings is 1. The second-order valence-electron chi connectivity index (χ2n) is 7.32. The highest BCUT2D eigenvalue weighted by Crippen LogP contribution is 2.34. The van der Waals surface area contributed by atoms with Crippen LogP contribution in [0.3, 0.4) is 0 Å². The van der Waals surface area contributed by atoms with Crippen molar-refractivity contribution in [2.75, 3.05) is 17.4 Å². The van der Waals surface area contributed by atoms with E-state index in [4.69, 9.17) is 25.5 Å². The molecule has 1 aliphatic heterocycles. The predicted octanol–water partition coefficient (Wildman–Crippen LogP) is 5.86. The number of anilines is 2. The molecule has 4 aromatic rings. The zero-order valence-corrected chi connectivity index (χ0v) is 18.2. The summed E-state index contributed by atoms with van der Waals surface area (Å²) in [5.74, 6) is -0.568. The topological polar surface area (TPSA) is 89.8 Å². The Morgan fingerprint density at radius 1 is 0.971 bits per heavy atom. The van der Waals surface area contributed by atoms with E-state index in [1.54, 1.807) is 48.5 Å². The van der Waals surface area contributed by atoms with Crippen LogP contribution in [0, 0.1) is 5.82 Å². The molecule has 5 rings (SSSR count). The summed E-state index contributed by atoms with van der Waals surface area (Å²) in [7, 11) is 0. The van der Waals surface area contributed by atoms with Crippen molar-refractivity contribution in [1.29, 1.82) is 0 Å². The summed E-state index contributed by atoms with van der Waals surface area (Å²) in [5, 5.41) is 5.74. The van der Waals surface area contributed by atoms with Gasteiger partial charge >= 0.3 is 0 Å². The molecule has 0 saturated carbocycles. The number of hydrogen-bond acceptors (Lipinski definition) is 5. The lowest BCUT2D eigenvalue weighted by molar-refractivity contribution is -0.111. The summed E-state index contributed by atoms with van der Waals surface area (Å²) in [5.41, 5.74) is 1.64. The second kappa shape index (κ2) is 8.92. The summed E-state index contributed by atoms with van der Waals surface area (Å²) in [4.78, 5) is 25.6. The summed E-state index contributed by atoms with van der Waals surface area (Å²) in [6.07, 6.45) is 2.95. The van der Waals surface area contributed by atoms with Gasteiger partial charge in [0, 0.05) is 17.1 Å². The average molecular weight is 479 g/mol. The maximum absolute atomic E-state index is 13.4. The molecule has 2 N–H and O–H groups in total. The number of halogens is 2. The molecular weight excluding hydrogens is 463 g/mol. The average Bonchev–Trinajstić information content (AvgIpc) is 3.44. The summed E-state index contributed by atoms with van der Waals surface area (Å²) in [6, 6.07) is 16.0. The van der Waals surface area contributed by atoms with E-state index in [1.165, 1.54) is 18.2 Å². The molecule has 34 heavy (non-hydrogen) atoms. The number of hydrogen-bond donors (Lipinski definition) is 2. The highest BCUT2D eigenvalue weighted by Gasteiger charge is 2.22. The van der Waals surface area contributed by atoms with Crippen LogP contribution in [-0.2, 0) is 4.79 Å². The van der Waals surface area contributed by atoms with Crippen molar-refractivity contribution < 1.29 is 27.9 Å². The third-order valence-electron chi connectivity index (χ3n) is 5.05. The number of fused-ring (bicyclic) bond motifs is 2. The fourth-order valence-electron chi connectivity index (χ4n) is 3.44. The SMILES string of the molecule is O=C(C=Cc1ccc2c(c1)OCO2)Nc1c(C(=O)Nc2ccc(F)c(Cl)c2)oc2ccccc12. The van der Waals surface area contributed by atoms with Crippen LogP contribution in [0.1, 0.15) is 16.1 Å². The first-order valence-corrected chi connectivity index (χ1v) is 10.5. The van der Waals surface area contributed by atoms with Gasteiger partial charge in [-0.3, -0.25) is 9.59 Å². The van der Waals surface area contributed by atoms with E-state index < -0.39 is 17.6 Å². The van der Waals surface area contributed by atoms with Crippen LogP contribution in [0.2, 0.25) is 5.02 Å². The van der Waals surface area contributed by atoms with Crippen LogP contribution in [0.15, 0.2) is 71.2 Å². The summed E-state index contributed by atoms with van der Waals surface area (Å²) < 4.78 is 29.8. The fraction of sp³-hybridized carbons (Fsp3) is 0.0400. The van der Waals surface area contributed by atoms with Gasteiger partial charge in [0.2, 0.25) is 18.5 Å². The van der Waals surface area contributed by atoms with Crippen LogP contribution in [0.25, 0.3) is 17.0 Å². The molecule has 1 aliphatic rings. The van der Waals surface area contributed by atoms with Gasteiger partial charge in [-0.05, 0) is 54.1 Å². The quantitative estimate of drug-likeness (QED) is 0.351. The largest absolute Gasteiger partial charge is 0.454 e. The monoisotopic (exact) mass is 478 g/mol. The van der Waals surface area contributed by atoms with Gasteiger partial charge in [0.25, 0.3) is 5.91 Å². The van der Waals surface area contributed by atoms with Gasteiger partial charge in [0.1, 0.15) is 17.1 Å². The van der Waals surface area contributed by atoms with Gasteiger partial charge in [-0.15, -0.1) is 0 Å². The van der Waals surface area contributed by atoms with Crippen molar-refractivity contribution in [2.45, 2.75) is 0 Å². The molecule has 0 unspecified atom stereocenters. The van der Waals surface area contributed by atoms with Crippen LogP contribution in [0.5, 0.6) is 11.5 Å². The van der Waals surface area contributed by atoms with E-state index in [1.807, 2.05) is 0 Å². The minimum atomic E-state index is -0.631. The van der Waals surface area contributed by atoms with Gasteiger partial charge < -0.3 is 24.5 Å². The molecule has 0 spiro atoms. The number of para-hydroxylation sites is 1. The van der Waals surface area contributed by atoms with Gasteiger partial charge in [-0.2, -0.15) is 0 Å². The van der Waals surface area contributed by atoms with E-state index >= 15 is 0 Å². The zero-order chi connectivity index (χ0) is 23.7. The van der Waals surface area contributed by atoms with Gasteiger partial charge in [0.05, 0.1) is 5.02 Å². The maximum Gasteiger partial charge on any atom is 0.293 e. The Balaban J connectivity index is 1.39. The number of nitrogens with one attached hydrogen (secondary N) is 2. The molecule has 0 aliphatic carbocycles. The van der Waals surface area contributed by atoms with Crippen molar-refractivity contribution in [2.24, 2.45) is 0 Å². The molecule has 0 saturated heterocycles. The number of benzene rings is 3. The second-order valence-corrected chi connectivity index (χ2v) is 7.73. The van der Waals surface area contributed by atoms with E-state index in [2.05, 4.69) is 10.6 Å². The van der Waals surface area contributed by atoms with Crippen LogP contribution < -0.4 is 20.1 Å². The molecule has 0 atom stereocenters. The highest BCUT2D eigenvalue weighted by atomic mass is 35.5. The van der Waals surface area contributed by atoms with Crippen molar-refractivity contribution in [3.8, 4) is 11.5 Å². The lowest BCUT2D eigenvalue weighted by Crippen LogP contribution is -2.15. The molecular formula is C25H16ClFN2O5. The lowest BCUT2D eigenvalue weighted by atomic mass is 10.2. The molecule has 2 amide bonds. The van der Waals surface area contributed by atoms with Crippen LogP contribution in [0.4, 0.5) is 15.8 Å². The molecule has 170 valence electrons. The molecule has 0 bridgehead atoms. The fourth-order valence-corrected chi connectivity index (χ4v) is 3.63. The zero-order valence-electron chi connectivity index (χ0n) is 17.4. The van der Waals surface area contributed by atoms with E-state index in [9.17, 15) is 14.0 Å². The normalized spacial score (nSPS) is 12.3. The smallest absolute Gasteiger partial charge is 0.293 e. The van der Waals surface area contributed by atoms with Crippen LogP contribution in [-0.4, -0.2) is 18.6 Å². The van der Waals surface area contributed by atoms with Gasteiger partial charge in [-0.25, -0.2) is 4.39 Å². The highest BCUT2D eigenvalue weighted by molar-refractivity contribution is 6.31. The molecule has 2 heterocycles. The maximum atomic E-state index is 13.4. The van der Waals surface area contributed by atoms with E-state index in [-0.39, 0.29) is 29.0 Å². The third kappa shape index (κ3) is 4.31. The Hall–Kier alpha value is -4.30. The Bertz CT molecular complexity index is 1460. The first-order valence-electron chi connectivity index (χ1n) is 10.1. The minimum absolute atomic E-state index is 0.105. The number of carbonyl (C=O) groups excluding carboxylic acids is 2.